The van der Waals surface area contributed by atoms with E-state index in [-0.39, 0.29) is 11.1 Å². The molecule has 1 aliphatic rings. The van der Waals surface area contributed by atoms with Crippen molar-refractivity contribution >= 4 is 22.2 Å². The second-order valence-corrected chi connectivity index (χ2v) is 8.76. The van der Waals surface area contributed by atoms with E-state index < -0.39 is 35.0 Å². The van der Waals surface area contributed by atoms with E-state index in [2.05, 4.69) is 5.32 Å². The van der Waals surface area contributed by atoms with Crippen molar-refractivity contribution in [3.63, 3.8) is 0 Å². The molecule has 0 saturated carbocycles. The van der Waals surface area contributed by atoms with Crippen LogP contribution in [-0.4, -0.2) is 16.6 Å². The van der Waals surface area contributed by atoms with E-state index in [0.29, 0.717) is 17.5 Å². The number of thiophene rings is 1. The first-order valence-corrected chi connectivity index (χ1v) is 9.28. The topological polar surface area (TPSA) is 84.6 Å². The van der Waals surface area contributed by atoms with Crippen LogP contribution in [0.3, 0.4) is 0 Å². The number of aliphatic hydroxyl groups excluding tert-OH is 1. The third-order valence-electron chi connectivity index (χ3n) is 4.46. The number of fused-ring (bicyclic) bond motifs is 1. The van der Waals surface area contributed by atoms with Crippen LogP contribution in [0.5, 0.6) is 0 Å². The highest BCUT2D eigenvalue weighted by Gasteiger charge is 2.42. The predicted molar refractivity (Wildman–Crippen MR) is 99.7 cm³/mol. The lowest BCUT2D eigenvalue weighted by Crippen LogP contribution is -2.42. The van der Waals surface area contributed by atoms with E-state index in [1.54, 1.807) is 0 Å². The normalized spacial score (nSPS) is 18.6. The molecule has 0 spiro atoms. The van der Waals surface area contributed by atoms with E-state index in [0.717, 1.165) is 22.6 Å². The molecule has 1 atom stereocenters. The molecule has 2 heterocycles. The maximum Gasteiger partial charge on any atom is 0.251 e. The third kappa shape index (κ3) is 3.69. The van der Waals surface area contributed by atoms with Crippen LogP contribution in [0.15, 0.2) is 18.2 Å². The first kappa shape index (κ1) is 19.7. The summed E-state index contributed by atoms with van der Waals surface area (Å²) in [5, 5.41) is 13.5. The molecule has 0 saturated heterocycles. The highest BCUT2D eigenvalue weighted by Crippen LogP contribution is 2.48. The molecule has 1 amide bonds. The number of nitrogens with two attached hydrogens (primary N) is 1. The Morgan fingerprint density at radius 2 is 2.00 bits per heavy atom. The number of ether oxygens (including phenoxy) is 1. The van der Waals surface area contributed by atoms with Gasteiger partial charge in [0, 0.05) is 22.9 Å². The van der Waals surface area contributed by atoms with Gasteiger partial charge in [0.25, 0.3) is 5.91 Å². The number of aliphatic hydroxyl groups is 1. The summed E-state index contributed by atoms with van der Waals surface area (Å²) in [6, 6.07) is 2.89. The van der Waals surface area contributed by atoms with E-state index in [1.807, 2.05) is 27.7 Å². The average molecular weight is 396 g/mol. The first-order valence-electron chi connectivity index (χ1n) is 8.47. The predicted octanol–water partition coefficient (Wildman–Crippen LogP) is 3.81. The Labute approximate surface area is 160 Å². The van der Waals surface area contributed by atoms with Gasteiger partial charge < -0.3 is 20.9 Å². The van der Waals surface area contributed by atoms with Crippen LogP contribution in [0.25, 0.3) is 0 Å². The van der Waals surface area contributed by atoms with Crippen LogP contribution in [0, 0.1) is 11.6 Å². The zero-order valence-corrected chi connectivity index (χ0v) is 16.3. The second kappa shape index (κ2) is 6.54. The van der Waals surface area contributed by atoms with Crippen LogP contribution in [0.4, 0.5) is 13.8 Å². The molecule has 1 aromatic carbocycles. The summed E-state index contributed by atoms with van der Waals surface area (Å²) in [4.78, 5) is 13.0. The van der Waals surface area contributed by atoms with Crippen molar-refractivity contribution in [2.75, 3.05) is 5.32 Å². The maximum atomic E-state index is 14.0. The van der Waals surface area contributed by atoms with Crippen molar-refractivity contribution < 1.29 is 23.4 Å². The third-order valence-corrected chi connectivity index (χ3v) is 5.93. The van der Waals surface area contributed by atoms with Crippen LogP contribution in [-0.2, 0) is 16.8 Å². The monoisotopic (exact) mass is 396 g/mol. The second-order valence-electron chi connectivity index (χ2n) is 7.74. The molecule has 146 valence electrons. The van der Waals surface area contributed by atoms with E-state index in [4.69, 9.17) is 10.5 Å². The molecule has 0 fully saturated rings. The molecular weight excluding hydrogens is 374 g/mol. The van der Waals surface area contributed by atoms with Gasteiger partial charge in [-0.25, -0.2) is 8.78 Å². The van der Waals surface area contributed by atoms with Crippen LogP contribution < -0.4 is 11.1 Å². The van der Waals surface area contributed by atoms with Crippen LogP contribution in [0.2, 0.25) is 0 Å². The van der Waals surface area contributed by atoms with E-state index in [9.17, 15) is 18.7 Å². The zero-order chi connectivity index (χ0) is 20.1. The van der Waals surface area contributed by atoms with Gasteiger partial charge in [-0.05, 0) is 45.4 Å². The first-order chi connectivity index (χ1) is 12.4. The lowest BCUT2D eigenvalue weighted by Gasteiger charge is -2.41. The number of amides is 1. The summed E-state index contributed by atoms with van der Waals surface area (Å²) in [5.41, 5.74) is 5.35. The Bertz CT molecular complexity index is 909. The molecule has 2 aromatic rings. The number of benzene rings is 1. The quantitative estimate of drug-likeness (QED) is 0.686. The Morgan fingerprint density at radius 1 is 1.33 bits per heavy atom. The van der Waals surface area contributed by atoms with Gasteiger partial charge in [-0.15, -0.1) is 11.3 Å². The highest BCUT2D eigenvalue weighted by atomic mass is 32.1. The average Bonchev–Trinajstić information content (AvgIpc) is 2.83. The number of nitrogens with one attached hydrogen (secondary N) is 1. The van der Waals surface area contributed by atoms with E-state index in [1.165, 1.54) is 11.3 Å². The molecule has 5 nitrogen and oxygen atoms in total. The zero-order valence-electron chi connectivity index (χ0n) is 15.5. The Balaban J connectivity index is 2.04. The summed E-state index contributed by atoms with van der Waals surface area (Å²) < 4.78 is 33.2. The van der Waals surface area contributed by atoms with Gasteiger partial charge in [0.15, 0.2) is 6.23 Å². The van der Waals surface area contributed by atoms with Gasteiger partial charge in [-0.2, -0.15) is 0 Å². The molecule has 4 N–H and O–H groups in total. The molecule has 3 rings (SSSR count). The Hall–Kier alpha value is -2.03. The lowest BCUT2D eigenvalue weighted by atomic mass is 9.86. The van der Waals surface area contributed by atoms with Crippen LogP contribution >= 0.6 is 11.3 Å². The van der Waals surface area contributed by atoms with Crippen molar-refractivity contribution in [1.29, 1.82) is 0 Å². The Morgan fingerprint density at radius 3 is 2.59 bits per heavy atom. The molecule has 27 heavy (non-hydrogen) atoms. The minimum atomic E-state index is -1.47. The van der Waals surface area contributed by atoms with Gasteiger partial charge in [0.1, 0.15) is 16.6 Å². The highest BCUT2D eigenvalue weighted by molar-refractivity contribution is 7.17. The summed E-state index contributed by atoms with van der Waals surface area (Å²) >= 11 is 1.24. The number of rotatable bonds is 4. The number of halogens is 2. The van der Waals surface area contributed by atoms with Gasteiger partial charge in [-0.1, -0.05) is 0 Å². The van der Waals surface area contributed by atoms with Gasteiger partial charge in [0.2, 0.25) is 0 Å². The van der Waals surface area contributed by atoms with Crippen molar-refractivity contribution in [3.05, 3.63) is 51.4 Å². The SMILES string of the molecule is CC1(C)Cc2c(sc(NC(O)c3ccc(F)cc3F)c2C(N)=O)C(C)(C)O1. The van der Waals surface area contributed by atoms with Gasteiger partial charge >= 0.3 is 0 Å². The minimum absolute atomic E-state index is 0.131. The molecule has 1 aromatic heterocycles. The van der Waals surface area contributed by atoms with Gasteiger partial charge in [0.05, 0.1) is 16.8 Å². The van der Waals surface area contributed by atoms with Crippen molar-refractivity contribution in [2.24, 2.45) is 5.73 Å². The smallest absolute Gasteiger partial charge is 0.251 e. The largest absolute Gasteiger partial charge is 0.369 e. The minimum Gasteiger partial charge on any atom is -0.369 e. The number of hydrogen-bond acceptors (Lipinski definition) is 5. The fourth-order valence-electron chi connectivity index (χ4n) is 3.61. The number of hydrogen-bond donors (Lipinski definition) is 3. The number of anilines is 1. The molecule has 1 aliphatic heterocycles. The van der Waals surface area contributed by atoms with Crippen molar-refractivity contribution in [2.45, 2.75) is 51.5 Å². The fraction of sp³-hybridized carbons (Fsp3) is 0.421. The Kier molecular flexibility index (Phi) is 4.78. The van der Waals surface area contributed by atoms with Crippen molar-refractivity contribution in [1.82, 2.24) is 0 Å². The molecule has 0 bridgehead atoms. The van der Waals surface area contributed by atoms with Crippen molar-refractivity contribution in [3.8, 4) is 0 Å². The summed E-state index contributed by atoms with van der Waals surface area (Å²) in [7, 11) is 0. The number of carbonyl (C=O) groups excluding carboxylic acids is 1. The summed E-state index contributed by atoms with van der Waals surface area (Å²) in [6.07, 6.45) is -0.996. The molecule has 8 heteroatoms. The molecule has 0 aliphatic carbocycles. The summed E-state index contributed by atoms with van der Waals surface area (Å²) in [6.45, 7) is 7.65. The standard InChI is InChI=1S/C19H22F2N2O3S/c1-18(2)8-11-13(15(22)24)17(27-14(11)19(3,4)26-18)23-16(25)10-6-5-9(20)7-12(10)21/h5-7,16,23,25H,8H2,1-4H3,(H2,22,24). The lowest BCUT2D eigenvalue weighted by molar-refractivity contribution is -0.135. The number of primary amides is 1. The number of carbonyl (C=O) groups is 1. The molecule has 1 unspecified atom stereocenters. The fourth-order valence-corrected chi connectivity index (χ4v) is 4.89. The summed E-state index contributed by atoms with van der Waals surface area (Å²) in [5.74, 6) is -2.27. The van der Waals surface area contributed by atoms with E-state index >= 15 is 0 Å². The van der Waals surface area contributed by atoms with Gasteiger partial charge in [-0.3, -0.25) is 4.79 Å². The molecular formula is C19H22F2N2O3S. The molecule has 0 radical (unpaired) electrons. The maximum absolute atomic E-state index is 14.0. The van der Waals surface area contributed by atoms with Crippen LogP contribution in [0.1, 0.15) is 60.3 Å².